The molecule has 0 saturated carbocycles. The molecule has 0 aromatic heterocycles. The first-order valence-corrected chi connectivity index (χ1v) is 5.37. The normalized spacial score (nSPS) is 6.61. The van der Waals surface area contributed by atoms with Gasteiger partial charge in [0.2, 0.25) is 0 Å². The highest BCUT2D eigenvalue weighted by atomic mass is 16.6. The third-order valence-electron chi connectivity index (χ3n) is 0.943. The highest BCUT2D eigenvalue weighted by Crippen LogP contribution is 1.79. The lowest BCUT2D eigenvalue weighted by atomic mass is 10.7. The first kappa shape index (κ1) is 37.1. The molecular formula is C15H32O8. The van der Waals surface area contributed by atoms with Gasteiger partial charge >= 0.3 is 17.9 Å². The van der Waals surface area contributed by atoms with E-state index in [0.717, 1.165) is 13.2 Å². The van der Waals surface area contributed by atoms with Crippen LogP contribution < -0.4 is 0 Å². The Morgan fingerprint density at radius 2 is 1.09 bits per heavy atom. The minimum Gasteiger partial charge on any atom is -0.481 e. The summed E-state index contributed by atoms with van der Waals surface area (Å²) in [6.45, 7) is 8.43. The van der Waals surface area contributed by atoms with Crippen LogP contribution in [-0.2, 0) is 33.4 Å². The zero-order chi connectivity index (χ0) is 16.6. The van der Waals surface area contributed by atoms with Gasteiger partial charge < -0.3 is 19.3 Å². The number of esters is 3. The van der Waals surface area contributed by atoms with Gasteiger partial charge in [-0.25, -0.2) is 0 Å². The van der Waals surface area contributed by atoms with Crippen LogP contribution in [0, 0.1) is 0 Å². The van der Waals surface area contributed by atoms with Crippen LogP contribution in [0.2, 0.25) is 0 Å². The number of aliphatic carboxylic acids is 1. The Labute approximate surface area is 139 Å². The number of hydrogen-bond acceptors (Lipinski definition) is 7. The van der Waals surface area contributed by atoms with Crippen molar-refractivity contribution in [2.45, 2.75) is 50.0 Å². The van der Waals surface area contributed by atoms with Gasteiger partial charge in [0.1, 0.15) is 13.2 Å². The minimum absolute atomic E-state index is 0. The van der Waals surface area contributed by atoms with Crippen LogP contribution in [0.1, 0.15) is 50.0 Å². The first-order chi connectivity index (χ1) is 9.13. The van der Waals surface area contributed by atoms with Crippen molar-refractivity contribution < 1.29 is 38.5 Å². The predicted octanol–water partition coefficient (Wildman–Crippen LogP) is 2.80. The van der Waals surface area contributed by atoms with Gasteiger partial charge in [-0.2, -0.15) is 0 Å². The van der Waals surface area contributed by atoms with Crippen molar-refractivity contribution in [2.24, 2.45) is 0 Å². The molecule has 0 spiro atoms. The van der Waals surface area contributed by atoms with Crippen LogP contribution in [-0.4, -0.2) is 42.2 Å². The number of carboxylic acids is 1. The number of hydrogen-bond donors (Lipinski definition) is 1. The van der Waals surface area contributed by atoms with E-state index in [2.05, 4.69) is 20.8 Å². The molecular weight excluding hydrogens is 308 g/mol. The maximum atomic E-state index is 10.1. The van der Waals surface area contributed by atoms with E-state index in [1.54, 1.807) is 0 Å². The molecule has 0 aliphatic heterocycles. The number of carbonyl (C=O) groups excluding carboxylic acids is 3. The minimum atomic E-state index is -0.833. The average molecular weight is 340 g/mol. The maximum Gasteiger partial charge on any atom is 0.307 e. The molecule has 140 valence electrons. The lowest BCUT2D eigenvalue weighted by Gasteiger charge is -2.00. The van der Waals surface area contributed by atoms with Gasteiger partial charge in [-0.3, -0.25) is 19.2 Å². The van der Waals surface area contributed by atoms with Crippen LogP contribution in [0.5, 0.6) is 0 Å². The molecule has 8 nitrogen and oxygen atoms in total. The molecule has 0 radical (unpaired) electrons. The molecule has 0 aliphatic carbocycles. The molecule has 0 rings (SSSR count). The average Bonchev–Trinajstić information content (AvgIpc) is 2.23. The number of carbonyl (C=O) groups is 4. The van der Waals surface area contributed by atoms with Crippen LogP contribution in [0.25, 0.3) is 0 Å². The number of ether oxygens (including phenoxy) is 3. The number of rotatable bonds is 4. The van der Waals surface area contributed by atoms with E-state index in [1.807, 2.05) is 0 Å². The molecule has 0 aromatic rings. The van der Waals surface area contributed by atoms with Gasteiger partial charge in [0.15, 0.2) is 0 Å². The van der Waals surface area contributed by atoms with Crippen LogP contribution >= 0.6 is 0 Å². The molecule has 1 N–H and O–H groups in total. The smallest absolute Gasteiger partial charge is 0.307 e. The second-order valence-corrected chi connectivity index (χ2v) is 2.98. The van der Waals surface area contributed by atoms with Gasteiger partial charge in [-0.05, 0) is 0 Å². The van der Waals surface area contributed by atoms with Gasteiger partial charge in [0.25, 0.3) is 5.97 Å². The molecule has 0 unspecified atom stereocenters. The van der Waals surface area contributed by atoms with E-state index in [9.17, 15) is 14.4 Å². The monoisotopic (exact) mass is 340 g/mol. The largest absolute Gasteiger partial charge is 0.481 e. The summed E-state index contributed by atoms with van der Waals surface area (Å²) >= 11 is 0. The third kappa shape index (κ3) is 105. The van der Waals surface area contributed by atoms with Crippen LogP contribution in [0.4, 0.5) is 0 Å². The van der Waals surface area contributed by atoms with Gasteiger partial charge in [0.05, 0.1) is 6.26 Å². The molecule has 23 heavy (non-hydrogen) atoms. The summed E-state index contributed by atoms with van der Waals surface area (Å²) in [6, 6.07) is 0. The summed E-state index contributed by atoms with van der Waals surface area (Å²) in [5, 5.41) is 7.42. The van der Waals surface area contributed by atoms with Gasteiger partial charge in [-0.1, -0.05) is 28.9 Å². The molecule has 0 aliphatic rings. The van der Waals surface area contributed by atoms with Crippen molar-refractivity contribution in [3.63, 3.8) is 0 Å². The van der Waals surface area contributed by atoms with Crippen LogP contribution in [0.3, 0.4) is 0 Å². The quantitative estimate of drug-likeness (QED) is 0.359. The van der Waals surface area contributed by atoms with E-state index in [4.69, 9.17) is 9.90 Å². The van der Waals surface area contributed by atoms with E-state index in [0.29, 0.717) is 0 Å². The zero-order valence-electron chi connectivity index (χ0n) is 12.0. The van der Waals surface area contributed by atoms with Crippen molar-refractivity contribution in [3.8, 4) is 0 Å². The standard InChI is InChI=1S/C6H10O4.C4H6O2.C2H4O2.3CH4/c1-5(7)9-3-4-10-6(2)8;1-3-6-4(2)5;1-2(3)4;;;/h3-4H2,1-2H3;3H,1H2,2H3;1H3,(H,3,4);3*1H4. The first-order valence-electron chi connectivity index (χ1n) is 5.37. The Kier molecular flexibility index (Phi) is 45.0. The van der Waals surface area contributed by atoms with E-state index in [1.165, 1.54) is 20.8 Å². The fraction of sp³-hybridized carbons (Fsp3) is 0.600. The second kappa shape index (κ2) is 27.9. The molecule has 0 fully saturated rings. The molecule has 0 saturated heterocycles. The zero-order valence-corrected chi connectivity index (χ0v) is 12.0. The Bertz CT molecular complexity index is 303. The van der Waals surface area contributed by atoms with Crippen molar-refractivity contribution in [1.82, 2.24) is 0 Å². The Balaban J connectivity index is -0.0000000486. The van der Waals surface area contributed by atoms with Gasteiger partial charge in [-0.15, -0.1) is 0 Å². The molecule has 0 heterocycles. The SMILES string of the molecule is C.C.C.C=COC(C)=O.CC(=O)O.CC(=O)OCCOC(C)=O. The molecule has 0 atom stereocenters. The maximum absolute atomic E-state index is 10.1. The van der Waals surface area contributed by atoms with E-state index >= 15 is 0 Å². The van der Waals surface area contributed by atoms with E-state index < -0.39 is 5.97 Å². The fourth-order valence-corrected chi connectivity index (χ4v) is 0.488. The van der Waals surface area contributed by atoms with Gasteiger partial charge in [0, 0.05) is 27.7 Å². The Hall–Kier alpha value is -2.38. The van der Waals surface area contributed by atoms with Crippen LogP contribution in [0.15, 0.2) is 12.8 Å². The highest BCUT2D eigenvalue weighted by Gasteiger charge is 1.94. The summed E-state index contributed by atoms with van der Waals surface area (Å²) in [5.41, 5.74) is 0. The summed E-state index contributed by atoms with van der Waals surface area (Å²) in [7, 11) is 0. The summed E-state index contributed by atoms with van der Waals surface area (Å²) < 4.78 is 13.1. The van der Waals surface area contributed by atoms with E-state index in [-0.39, 0.29) is 53.4 Å². The van der Waals surface area contributed by atoms with Crippen molar-refractivity contribution >= 4 is 23.9 Å². The third-order valence-corrected chi connectivity index (χ3v) is 0.943. The Morgan fingerprint density at radius 1 is 0.826 bits per heavy atom. The summed E-state index contributed by atoms with van der Waals surface area (Å²) in [6.07, 6.45) is 1.10. The highest BCUT2D eigenvalue weighted by molar-refractivity contribution is 5.67. The lowest BCUT2D eigenvalue weighted by molar-refractivity contribution is -0.149. The van der Waals surface area contributed by atoms with Crippen molar-refractivity contribution in [3.05, 3.63) is 12.8 Å². The molecule has 8 heteroatoms. The summed E-state index contributed by atoms with van der Waals surface area (Å²) in [5.74, 6) is -1.90. The molecule has 0 aromatic carbocycles. The topological polar surface area (TPSA) is 116 Å². The second-order valence-electron chi connectivity index (χ2n) is 2.98. The van der Waals surface area contributed by atoms with Crippen molar-refractivity contribution in [2.75, 3.05) is 13.2 Å². The lowest BCUT2D eigenvalue weighted by Crippen LogP contribution is -2.09. The molecule has 0 amide bonds. The molecule has 0 bridgehead atoms. The number of carboxylic acid groups (broad SMARTS) is 1. The van der Waals surface area contributed by atoms with Crippen molar-refractivity contribution in [1.29, 1.82) is 0 Å². The Morgan fingerprint density at radius 3 is 1.17 bits per heavy atom. The summed E-state index contributed by atoms with van der Waals surface area (Å²) in [4.78, 5) is 39.0. The fourth-order valence-electron chi connectivity index (χ4n) is 0.488. The predicted molar refractivity (Wildman–Crippen MR) is 88.7 cm³/mol.